The second-order valence-corrected chi connectivity index (χ2v) is 5.57. The normalized spacial score (nSPS) is 14.8. The molecule has 0 heterocycles. The van der Waals surface area contributed by atoms with Crippen LogP contribution in [0.15, 0.2) is 60.7 Å². The van der Waals surface area contributed by atoms with Crippen LogP contribution < -0.4 is 0 Å². The number of benzene rings is 2. The SMILES string of the molecule is CC(C#Cc1ccccc1)N(C)[C@@H](C)[C@@H](O)c1ccccc1. The molecule has 2 aromatic rings. The van der Waals surface area contributed by atoms with E-state index in [2.05, 4.69) is 23.7 Å². The molecule has 0 aliphatic rings. The van der Waals surface area contributed by atoms with E-state index in [1.54, 1.807) is 0 Å². The van der Waals surface area contributed by atoms with Crippen molar-refractivity contribution in [1.82, 2.24) is 4.90 Å². The van der Waals surface area contributed by atoms with Crippen molar-refractivity contribution in [1.29, 1.82) is 0 Å². The van der Waals surface area contributed by atoms with E-state index >= 15 is 0 Å². The van der Waals surface area contributed by atoms with Crippen LogP contribution in [0.25, 0.3) is 0 Å². The Hall–Kier alpha value is -2.08. The number of likely N-dealkylation sites (N-methyl/N-ethyl adjacent to an activating group) is 1. The number of hydrogen-bond donors (Lipinski definition) is 1. The van der Waals surface area contributed by atoms with Gasteiger partial charge in [-0.15, -0.1) is 0 Å². The summed E-state index contributed by atoms with van der Waals surface area (Å²) in [6.45, 7) is 4.09. The van der Waals surface area contributed by atoms with Crippen LogP contribution in [0.1, 0.15) is 31.1 Å². The molecule has 114 valence electrons. The number of aliphatic hydroxyl groups is 1. The molecule has 0 aromatic heterocycles. The molecule has 0 bridgehead atoms. The van der Waals surface area contributed by atoms with Gasteiger partial charge in [-0.3, -0.25) is 4.90 Å². The Morgan fingerprint density at radius 2 is 1.45 bits per heavy atom. The van der Waals surface area contributed by atoms with Crippen LogP contribution in [-0.4, -0.2) is 29.1 Å². The van der Waals surface area contributed by atoms with Gasteiger partial charge < -0.3 is 5.11 Å². The van der Waals surface area contributed by atoms with Crippen molar-refractivity contribution in [3.63, 3.8) is 0 Å². The van der Waals surface area contributed by atoms with Crippen molar-refractivity contribution < 1.29 is 5.11 Å². The average Bonchev–Trinajstić information content (AvgIpc) is 2.59. The van der Waals surface area contributed by atoms with Crippen molar-refractivity contribution >= 4 is 0 Å². The van der Waals surface area contributed by atoms with Gasteiger partial charge in [-0.05, 0) is 38.6 Å². The first kappa shape index (κ1) is 16.3. The fourth-order valence-corrected chi connectivity index (χ4v) is 2.32. The summed E-state index contributed by atoms with van der Waals surface area (Å²) in [6, 6.07) is 19.8. The Morgan fingerprint density at radius 1 is 0.909 bits per heavy atom. The predicted molar refractivity (Wildman–Crippen MR) is 91.4 cm³/mol. The molecule has 0 radical (unpaired) electrons. The minimum absolute atomic E-state index is 0.0116. The molecule has 1 unspecified atom stereocenters. The molecular formula is C20H23NO. The van der Waals surface area contributed by atoms with Gasteiger partial charge in [0.05, 0.1) is 12.1 Å². The quantitative estimate of drug-likeness (QED) is 0.872. The topological polar surface area (TPSA) is 23.5 Å². The van der Waals surface area contributed by atoms with E-state index in [1.165, 1.54) is 0 Å². The van der Waals surface area contributed by atoms with E-state index in [-0.39, 0.29) is 12.1 Å². The van der Waals surface area contributed by atoms with Crippen LogP contribution >= 0.6 is 0 Å². The molecule has 22 heavy (non-hydrogen) atoms. The molecule has 2 heteroatoms. The van der Waals surface area contributed by atoms with Gasteiger partial charge in [0.2, 0.25) is 0 Å². The van der Waals surface area contributed by atoms with Crippen molar-refractivity contribution in [3.8, 4) is 11.8 Å². The number of rotatable bonds is 4. The van der Waals surface area contributed by atoms with Gasteiger partial charge in [0.25, 0.3) is 0 Å². The van der Waals surface area contributed by atoms with E-state index in [9.17, 15) is 5.11 Å². The smallest absolute Gasteiger partial charge is 0.0942 e. The molecule has 0 spiro atoms. The zero-order chi connectivity index (χ0) is 15.9. The molecule has 2 rings (SSSR count). The van der Waals surface area contributed by atoms with Gasteiger partial charge >= 0.3 is 0 Å². The Bertz CT molecular complexity index is 627. The fourth-order valence-electron chi connectivity index (χ4n) is 2.32. The fraction of sp³-hybridized carbons (Fsp3) is 0.300. The molecule has 2 aromatic carbocycles. The lowest BCUT2D eigenvalue weighted by Crippen LogP contribution is -2.39. The summed E-state index contributed by atoms with van der Waals surface area (Å²) in [4.78, 5) is 2.10. The Balaban J connectivity index is 2.04. The lowest BCUT2D eigenvalue weighted by atomic mass is 10.0. The summed E-state index contributed by atoms with van der Waals surface area (Å²) in [6.07, 6.45) is -0.521. The van der Waals surface area contributed by atoms with E-state index in [0.29, 0.717) is 0 Å². The third kappa shape index (κ3) is 4.21. The summed E-state index contributed by atoms with van der Waals surface area (Å²) in [5.74, 6) is 6.44. The van der Waals surface area contributed by atoms with Crippen LogP contribution in [0.2, 0.25) is 0 Å². The molecule has 0 amide bonds. The molecule has 0 saturated heterocycles. The lowest BCUT2D eigenvalue weighted by Gasteiger charge is -2.31. The Morgan fingerprint density at radius 3 is 2.05 bits per heavy atom. The maximum Gasteiger partial charge on any atom is 0.0942 e. The second-order valence-electron chi connectivity index (χ2n) is 5.57. The van der Waals surface area contributed by atoms with Gasteiger partial charge in [0, 0.05) is 11.6 Å². The van der Waals surface area contributed by atoms with Crippen LogP contribution in [0.5, 0.6) is 0 Å². The van der Waals surface area contributed by atoms with Crippen LogP contribution in [0, 0.1) is 11.8 Å². The first-order valence-corrected chi connectivity index (χ1v) is 7.61. The minimum atomic E-state index is -0.521. The zero-order valence-corrected chi connectivity index (χ0v) is 13.4. The maximum atomic E-state index is 10.5. The summed E-state index contributed by atoms with van der Waals surface area (Å²) >= 11 is 0. The van der Waals surface area contributed by atoms with E-state index in [0.717, 1.165) is 11.1 Å². The highest BCUT2D eigenvalue weighted by atomic mass is 16.3. The van der Waals surface area contributed by atoms with Crippen molar-refractivity contribution in [2.75, 3.05) is 7.05 Å². The standard InChI is InChI=1S/C20H23NO/c1-16(14-15-18-10-6-4-7-11-18)21(3)17(2)20(22)19-12-8-5-9-13-19/h4-13,16-17,20,22H,1-3H3/t16?,17-,20+/m0/s1. The second kappa shape index (κ2) is 7.79. The monoisotopic (exact) mass is 293 g/mol. The number of aliphatic hydroxyl groups excluding tert-OH is 1. The summed E-state index contributed by atoms with van der Waals surface area (Å²) in [7, 11) is 2.00. The third-order valence-corrected chi connectivity index (χ3v) is 4.05. The van der Waals surface area contributed by atoms with Gasteiger partial charge in [-0.2, -0.15) is 0 Å². The summed E-state index contributed by atoms with van der Waals surface area (Å²) < 4.78 is 0. The summed E-state index contributed by atoms with van der Waals surface area (Å²) in [5, 5.41) is 10.5. The number of nitrogens with zero attached hydrogens (tertiary/aromatic N) is 1. The highest BCUT2D eigenvalue weighted by Crippen LogP contribution is 2.20. The van der Waals surface area contributed by atoms with Gasteiger partial charge in [0.15, 0.2) is 0 Å². The summed E-state index contributed by atoms with van der Waals surface area (Å²) in [5.41, 5.74) is 1.95. The van der Waals surface area contributed by atoms with Crippen LogP contribution in [-0.2, 0) is 0 Å². The van der Waals surface area contributed by atoms with Gasteiger partial charge in [-0.1, -0.05) is 60.4 Å². The van der Waals surface area contributed by atoms with E-state index in [4.69, 9.17) is 0 Å². The Labute approximate surface area is 133 Å². The van der Waals surface area contributed by atoms with Crippen LogP contribution in [0.3, 0.4) is 0 Å². The Kier molecular flexibility index (Phi) is 5.77. The third-order valence-electron chi connectivity index (χ3n) is 4.05. The molecule has 0 fully saturated rings. The largest absolute Gasteiger partial charge is 0.387 e. The first-order valence-electron chi connectivity index (χ1n) is 7.61. The van der Waals surface area contributed by atoms with Crippen molar-refractivity contribution in [2.24, 2.45) is 0 Å². The average molecular weight is 293 g/mol. The molecule has 0 saturated carbocycles. The van der Waals surface area contributed by atoms with Crippen molar-refractivity contribution in [3.05, 3.63) is 71.8 Å². The highest BCUT2D eigenvalue weighted by molar-refractivity contribution is 5.34. The van der Waals surface area contributed by atoms with E-state index < -0.39 is 6.10 Å². The molecule has 1 N–H and O–H groups in total. The van der Waals surface area contributed by atoms with E-state index in [1.807, 2.05) is 74.6 Å². The minimum Gasteiger partial charge on any atom is -0.387 e. The highest BCUT2D eigenvalue weighted by Gasteiger charge is 2.22. The molecule has 3 atom stereocenters. The zero-order valence-electron chi connectivity index (χ0n) is 13.4. The molecular weight excluding hydrogens is 270 g/mol. The molecule has 0 aliphatic heterocycles. The first-order chi connectivity index (χ1) is 10.6. The lowest BCUT2D eigenvalue weighted by molar-refractivity contribution is 0.0643. The molecule has 0 aliphatic carbocycles. The van der Waals surface area contributed by atoms with Crippen LogP contribution in [0.4, 0.5) is 0 Å². The van der Waals surface area contributed by atoms with Gasteiger partial charge in [-0.25, -0.2) is 0 Å². The molecule has 2 nitrogen and oxygen atoms in total. The van der Waals surface area contributed by atoms with Crippen molar-refractivity contribution in [2.45, 2.75) is 32.0 Å². The van der Waals surface area contributed by atoms with Gasteiger partial charge in [0.1, 0.15) is 0 Å². The number of hydrogen-bond acceptors (Lipinski definition) is 2. The maximum absolute atomic E-state index is 10.5. The predicted octanol–water partition coefficient (Wildman–Crippen LogP) is 3.48.